The summed E-state index contributed by atoms with van der Waals surface area (Å²) >= 11 is 0. The van der Waals surface area contributed by atoms with Crippen LogP contribution in [0.25, 0.3) is 17.1 Å². The summed E-state index contributed by atoms with van der Waals surface area (Å²) in [6.07, 6.45) is 4.28. The highest BCUT2D eigenvalue weighted by atomic mass is 19.1. The molecule has 0 N–H and O–H groups in total. The van der Waals surface area contributed by atoms with E-state index in [4.69, 9.17) is 5.26 Å². The van der Waals surface area contributed by atoms with Crippen molar-refractivity contribution in [3.63, 3.8) is 0 Å². The standard InChI is InChI=1S/C20H17FN4/c1-12-13(2)25(17-7-8-19(23-11-17)14-3-4-14)20(24-12)15-5-6-16(10-22)18(21)9-15/h5-9,11,14H,3-4H2,1-2H3. The lowest BCUT2D eigenvalue weighted by atomic mass is 10.1. The van der Waals surface area contributed by atoms with Crippen molar-refractivity contribution in [1.82, 2.24) is 14.5 Å². The summed E-state index contributed by atoms with van der Waals surface area (Å²) in [5.41, 5.74) is 4.57. The largest absolute Gasteiger partial charge is 0.295 e. The quantitative estimate of drug-likeness (QED) is 0.712. The summed E-state index contributed by atoms with van der Waals surface area (Å²) in [6, 6.07) is 10.5. The van der Waals surface area contributed by atoms with Gasteiger partial charge in [0.2, 0.25) is 0 Å². The van der Waals surface area contributed by atoms with E-state index < -0.39 is 5.82 Å². The molecule has 1 aromatic carbocycles. The third kappa shape index (κ3) is 2.70. The van der Waals surface area contributed by atoms with Gasteiger partial charge >= 0.3 is 0 Å². The fourth-order valence-electron chi connectivity index (χ4n) is 3.02. The molecule has 2 aromatic heterocycles. The number of imidazole rings is 1. The molecule has 5 heteroatoms. The third-order valence-electron chi connectivity index (χ3n) is 4.72. The molecule has 0 unspecified atom stereocenters. The number of aryl methyl sites for hydroxylation is 1. The topological polar surface area (TPSA) is 54.5 Å². The van der Waals surface area contributed by atoms with Crippen LogP contribution in [0.2, 0.25) is 0 Å². The average Bonchev–Trinajstić information content (AvgIpc) is 3.42. The van der Waals surface area contributed by atoms with Gasteiger partial charge in [-0.2, -0.15) is 5.26 Å². The molecule has 0 aliphatic heterocycles. The monoisotopic (exact) mass is 332 g/mol. The van der Waals surface area contributed by atoms with Crippen LogP contribution < -0.4 is 0 Å². The lowest BCUT2D eigenvalue weighted by Gasteiger charge is -2.11. The van der Waals surface area contributed by atoms with Crippen LogP contribution in [0.4, 0.5) is 4.39 Å². The molecule has 1 aliphatic rings. The van der Waals surface area contributed by atoms with Gasteiger partial charge in [0.1, 0.15) is 17.7 Å². The van der Waals surface area contributed by atoms with Gasteiger partial charge in [-0.3, -0.25) is 9.55 Å². The molecule has 2 heterocycles. The second-order valence-electron chi connectivity index (χ2n) is 6.46. The predicted octanol–water partition coefficient (Wildman–Crippen LogP) is 4.44. The van der Waals surface area contributed by atoms with Gasteiger partial charge in [-0.15, -0.1) is 0 Å². The lowest BCUT2D eigenvalue weighted by Crippen LogP contribution is -2.02. The molecule has 1 aliphatic carbocycles. The number of benzene rings is 1. The molecular formula is C20H17FN4. The van der Waals surface area contributed by atoms with Crippen LogP contribution >= 0.6 is 0 Å². The first-order valence-corrected chi connectivity index (χ1v) is 8.30. The van der Waals surface area contributed by atoms with Crippen molar-refractivity contribution in [3.05, 3.63) is 65.0 Å². The Bertz CT molecular complexity index is 992. The van der Waals surface area contributed by atoms with Crippen molar-refractivity contribution >= 4 is 0 Å². The zero-order chi connectivity index (χ0) is 17.6. The van der Waals surface area contributed by atoms with E-state index in [0.29, 0.717) is 17.3 Å². The fraction of sp³-hybridized carbons (Fsp3) is 0.250. The Morgan fingerprint density at radius 3 is 2.60 bits per heavy atom. The van der Waals surface area contributed by atoms with Gasteiger partial charge in [-0.25, -0.2) is 9.37 Å². The molecule has 4 rings (SSSR count). The van der Waals surface area contributed by atoms with Crippen molar-refractivity contribution < 1.29 is 4.39 Å². The first-order chi connectivity index (χ1) is 12.1. The average molecular weight is 332 g/mol. The Morgan fingerprint density at radius 2 is 2.00 bits per heavy atom. The number of hydrogen-bond acceptors (Lipinski definition) is 3. The van der Waals surface area contributed by atoms with Crippen molar-refractivity contribution in [3.8, 4) is 23.1 Å². The maximum absolute atomic E-state index is 14.1. The van der Waals surface area contributed by atoms with E-state index in [1.165, 1.54) is 25.0 Å². The molecule has 0 amide bonds. The molecule has 1 fully saturated rings. The van der Waals surface area contributed by atoms with E-state index in [1.54, 1.807) is 6.07 Å². The smallest absolute Gasteiger partial charge is 0.145 e. The molecule has 0 bridgehead atoms. The normalized spacial score (nSPS) is 13.7. The summed E-state index contributed by atoms with van der Waals surface area (Å²) < 4.78 is 16.0. The summed E-state index contributed by atoms with van der Waals surface area (Å²) in [5, 5.41) is 8.92. The zero-order valence-electron chi connectivity index (χ0n) is 14.1. The molecule has 0 atom stereocenters. The number of nitriles is 1. The Morgan fingerprint density at radius 1 is 1.20 bits per heavy atom. The first-order valence-electron chi connectivity index (χ1n) is 8.30. The lowest BCUT2D eigenvalue weighted by molar-refractivity contribution is 0.624. The number of halogens is 1. The van der Waals surface area contributed by atoms with Crippen LogP contribution in [0.3, 0.4) is 0 Å². The number of hydrogen-bond donors (Lipinski definition) is 0. The Hall–Kier alpha value is -3.00. The highest BCUT2D eigenvalue weighted by molar-refractivity contribution is 5.62. The van der Waals surface area contributed by atoms with E-state index in [9.17, 15) is 4.39 Å². The highest BCUT2D eigenvalue weighted by Crippen LogP contribution is 2.39. The molecule has 25 heavy (non-hydrogen) atoms. The van der Waals surface area contributed by atoms with Crippen LogP contribution in [0, 0.1) is 31.0 Å². The summed E-state index contributed by atoms with van der Waals surface area (Å²) in [6.45, 7) is 3.92. The van der Waals surface area contributed by atoms with Crippen molar-refractivity contribution in [2.24, 2.45) is 0 Å². The van der Waals surface area contributed by atoms with Gasteiger partial charge in [0.15, 0.2) is 0 Å². The molecule has 1 saturated carbocycles. The van der Waals surface area contributed by atoms with Crippen LogP contribution in [-0.2, 0) is 0 Å². The van der Waals surface area contributed by atoms with Gasteiger partial charge in [0.05, 0.1) is 23.1 Å². The number of aromatic nitrogens is 3. The van der Waals surface area contributed by atoms with Crippen LogP contribution in [0.1, 0.15) is 41.4 Å². The maximum atomic E-state index is 14.1. The maximum Gasteiger partial charge on any atom is 0.145 e. The van der Waals surface area contributed by atoms with Crippen LogP contribution in [0.5, 0.6) is 0 Å². The van der Waals surface area contributed by atoms with E-state index in [0.717, 1.165) is 22.8 Å². The summed E-state index contributed by atoms with van der Waals surface area (Å²) in [7, 11) is 0. The third-order valence-corrected chi connectivity index (χ3v) is 4.72. The first kappa shape index (κ1) is 15.5. The van der Waals surface area contributed by atoms with Crippen LogP contribution in [-0.4, -0.2) is 14.5 Å². The molecule has 0 saturated heterocycles. The predicted molar refractivity (Wildman–Crippen MR) is 92.9 cm³/mol. The van der Waals surface area contributed by atoms with Crippen LogP contribution in [0.15, 0.2) is 36.5 Å². The van der Waals surface area contributed by atoms with E-state index >= 15 is 0 Å². The molecule has 3 aromatic rings. The van der Waals surface area contributed by atoms with Crippen molar-refractivity contribution in [2.75, 3.05) is 0 Å². The van der Waals surface area contributed by atoms with E-state index in [-0.39, 0.29) is 5.56 Å². The van der Waals surface area contributed by atoms with Gasteiger partial charge < -0.3 is 0 Å². The Kier molecular flexibility index (Phi) is 3.61. The van der Waals surface area contributed by atoms with E-state index in [2.05, 4.69) is 16.0 Å². The second-order valence-corrected chi connectivity index (χ2v) is 6.46. The SMILES string of the molecule is Cc1nc(-c2ccc(C#N)c(F)c2)n(-c2ccc(C3CC3)nc2)c1C. The minimum Gasteiger partial charge on any atom is -0.295 e. The van der Waals surface area contributed by atoms with E-state index in [1.807, 2.05) is 36.7 Å². The van der Waals surface area contributed by atoms with Gasteiger partial charge in [0.25, 0.3) is 0 Å². The minimum atomic E-state index is -0.535. The molecule has 0 radical (unpaired) electrons. The molecule has 0 spiro atoms. The highest BCUT2D eigenvalue weighted by Gasteiger charge is 2.25. The van der Waals surface area contributed by atoms with Gasteiger partial charge in [-0.05, 0) is 57.0 Å². The van der Waals surface area contributed by atoms with Crippen molar-refractivity contribution in [1.29, 1.82) is 5.26 Å². The summed E-state index contributed by atoms with van der Waals surface area (Å²) in [4.78, 5) is 9.19. The van der Waals surface area contributed by atoms with Crippen molar-refractivity contribution in [2.45, 2.75) is 32.6 Å². The number of nitrogens with zero attached hydrogens (tertiary/aromatic N) is 4. The fourth-order valence-corrected chi connectivity index (χ4v) is 3.02. The van der Waals surface area contributed by atoms with Gasteiger partial charge in [-0.1, -0.05) is 0 Å². The molecular weight excluding hydrogens is 315 g/mol. The minimum absolute atomic E-state index is 0.0331. The zero-order valence-corrected chi connectivity index (χ0v) is 14.1. The molecule has 4 nitrogen and oxygen atoms in total. The molecule has 124 valence electrons. The summed E-state index contributed by atoms with van der Waals surface area (Å²) in [5.74, 6) is 0.721. The Labute approximate surface area is 145 Å². The number of pyridine rings is 1. The Balaban J connectivity index is 1.83. The van der Waals surface area contributed by atoms with Gasteiger partial charge in [0, 0.05) is 22.9 Å². The number of rotatable bonds is 3. The second kappa shape index (κ2) is 5.82.